The molecule has 0 saturated heterocycles. The van der Waals surface area contributed by atoms with E-state index in [1.54, 1.807) is 30.5 Å². The van der Waals surface area contributed by atoms with Gasteiger partial charge in [0.15, 0.2) is 0 Å². The molecule has 1 aromatic rings. The van der Waals surface area contributed by atoms with E-state index in [2.05, 4.69) is 15.3 Å². The van der Waals surface area contributed by atoms with Gasteiger partial charge >= 0.3 is 0 Å². The van der Waals surface area contributed by atoms with Crippen molar-refractivity contribution in [2.24, 2.45) is 0 Å². The largest absolute Gasteiger partial charge is 0.353 e. The first kappa shape index (κ1) is 17.4. The zero-order valence-electron chi connectivity index (χ0n) is 14.0. The first-order chi connectivity index (χ1) is 11.1. The van der Waals surface area contributed by atoms with Crippen molar-refractivity contribution in [3.8, 4) is 0 Å². The monoisotopic (exact) mass is 318 g/mol. The Bertz CT molecular complexity index is 515. The van der Waals surface area contributed by atoms with Crippen molar-refractivity contribution in [3.05, 3.63) is 24.3 Å². The third-order valence-electron chi connectivity index (χ3n) is 4.46. The van der Waals surface area contributed by atoms with E-state index < -0.39 is 0 Å². The van der Waals surface area contributed by atoms with Crippen LogP contribution in [0.5, 0.6) is 0 Å². The van der Waals surface area contributed by atoms with Crippen LogP contribution in [0.3, 0.4) is 0 Å². The second kappa shape index (κ2) is 8.60. The molecule has 0 unspecified atom stereocenters. The molecule has 0 aromatic carbocycles. The lowest BCUT2D eigenvalue weighted by molar-refractivity contribution is -0.134. The molecule has 1 aliphatic rings. The van der Waals surface area contributed by atoms with E-state index in [4.69, 9.17) is 0 Å². The molecule has 1 heterocycles. The molecule has 1 N–H and O–H groups in total. The number of amides is 2. The first-order valence-electron chi connectivity index (χ1n) is 8.36. The van der Waals surface area contributed by atoms with Gasteiger partial charge in [-0.05, 0) is 19.8 Å². The van der Waals surface area contributed by atoms with Crippen LogP contribution in [-0.2, 0) is 16.0 Å². The minimum Gasteiger partial charge on any atom is -0.353 e. The van der Waals surface area contributed by atoms with Gasteiger partial charge in [0.05, 0.1) is 5.69 Å². The van der Waals surface area contributed by atoms with Crippen molar-refractivity contribution in [2.75, 3.05) is 7.05 Å². The zero-order chi connectivity index (χ0) is 16.7. The Kier molecular flexibility index (Phi) is 6.50. The highest BCUT2D eigenvalue weighted by Gasteiger charge is 2.20. The molecule has 1 aromatic heterocycles. The Morgan fingerprint density at radius 2 is 2.04 bits per heavy atom. The number of likely N-dealkylation sites (N-methyl/N-ethyl adjacent to an activating group) is 1. The number of carbonyl (C=O) groups is 2. The molecule has 6 heteroatoms. The van der Waals surface area contributed by atoms with Crippen molar-refractivity contribution in [1.82, 2.24) is 20.2 Å². The van der Waals surface area contributed by atoms with Crippen LogP contribution in [-0.4, -0.2) is 45.8 Å². The lowest BCUT2D eigenvalue weighted by Gasteiger charge is -2.24. The Labute approximate surface area is 137 Å². The summed E-state index contributed by atoms with van der Waals surface area (Å²) in [6.45, 7) is 1.98. The summed E-state index contributed by atoms with van der Waals surface area (Å²) in [5.74, 6) is -0.0248. The van der Waals surface area contributed by atoms with E-state index in [0.29, 0.717) is 12.5 Å². The third kappa shape index (κ3) is 5.62. The number of nitrogens with one attached hydrogen (secondary N) is 1. The van der Waals surface area contributed by atoms with Crippen LogP contribution in [0.2, 0.25) is 0 Å². The van der Waals surface area contributed by atoms with Gasteiger partial charge in [-0.2, -0.15) is 0 Å². The normalized spacial score (nSPS) is 16.1. The molecule has 6 nitrogen and oxygen atoms in total. The molecule has 0 spiro atoms. The number of hydrogen-bond acceptors (Lipinski definition) is 4. The van der Waals surface area contributed by atoms with Crippen LogP contribution in [0, 0.1) is 0 Å². The molecule has 0 aliphatic heterocycles. The Morgan fingerprint density at radius 3 is 2.70 bits per heavy atom. The summed E-state index contributed by atoms with van der Waals surface area (Å²) in [5, 5.41) is 3.01. The Morgan fingerprint density at radius 1 is 1.30 bits per heavy atom. The highest BCUT2D eigenvalue weighted by atomic mass is 16.2. The van der Waals surface area contributed by atoms with E-state index >= 15 is 0 Å². The van der Waals surface area contributed by atoms with Crippen molar-refractivity contribution in [3.63, 3.8) is 0 Å². The standard InChI is InChI=1S/C17H26N4O2/c1-13(11-15-12-18-9-10-19-15)21(2)17(23)8-7-16(22)20-14-5-3-4-6-14/h9-10,12-14H,3-8,11H2,1-2H3,(H,20,22)/t13-/m1/s1. The zero-order valence-corrected chi connectivity index (χ0v) is 14.0. The van der Waals surface area contributed by atoms with Gasteiger partial charge in [-0.1, -0.05) is 12.8 Å². The summed E-state index contributed by atoms with van der Waals surface area (Å²) >= 11 is 0. The van der Waals surface area contributed by atoms with Crippen LogP contribution in [0.15, 0.2) is 18.6 Å². The quantitative estimate of drug-likeness (QED) is 0.830. The fraction of sp³-hybridized carbons (Fsp3) is 0.647. The maximum atomic E-state index is 12.2. The second-order valence-corrected chi connectivity index (χ2v) is 6.30. The maximum Gasteiger partial charge on any atom is 0.223 e. The number of nitrogens with zero attached hydrogens (tertiary/aromatic N) is 3. The van der Waals surface area contributed by atoms with Gasteiger partial charge in [-0.3, -0.25) is 19.6 Å². The van der Waals surface area contributed by atoms with E-state index in [-0.39, 0.29) is 30.7 Å². The van der Waals surface area contributed by atoms with E-state index in [1.807, 2.05) is 6.92 Å². The smallest absolute Gasteiger partial charge is 0.223 e. The fourth-order valence-electron chi connectivity index (χ4n) is 2.89. The highest BCUT2D eigenvalue weighted by molar-refractivity contribution is 5.83. The first-order valence-corrected chi connectivity index (χ1v) is 8.36. The van der Waals surface area contributed by atoms with Crippen LogP contribution in [0.1, 0.15) is 51.1 Å². The third-order valence-corrected chi connectivity index (χ3v) is 4.46. The van der Waals surface area contributed by atoms with Crippen LogP contribution in [0.4, 0.5) is 0 Å². The van der Waals surface area contributed by atoms with E-state index in [0.717, 1.165) is 18.5 Å². The van der Waals surface area contributed by atoms with Gasteiger partial charge in [0, 0.05) is 57.0 Å². The van der Waals surface area contributed by atoms with Gasteiger partial charge in [0.1, 0.15) is 0 Å². The Hall–Kier alpha value is -1.98. The van der Waals surface area contributed by atoms with Crippen LogP contribution < -0.4 is 5.32 Å². The van der Waals surface area contributed by atoms with Gasteiger partial charge < -0.3 is 10.2 Å². The highest BCUT2D eigenvalue weighted by Crippen LogP contribution is 2.17. The molecule has 0 radical (unpaired) electrons. The summed E-state index contributed by atoms with van der Waals surface area (Å²) in [6.07, 6.45) is 10.7. The topological polar surface area (TPSA) is 75.2 Å². The molecule has 1 fully saturated rings. The summed E-state index contributed by atoms with van der Waals surface area (Å²) in [4.78, 5) is 34.1. The van der Waals surface area contributed by atoms with E-state index in [9.17, 15) is 9.59 Å². The molecule has 126 valence electrons. The average Bonchev–Trinajstić information content (AvgIpc) is 3.05. The predicted octanol–water partition coefficient (Wildman–Crippen LogP) is 1.70. The summed E-state index contributed by atoms with van der Waals surface area (Å²) < 4.78 is 0. The lowest BCUT2D eigenvalue weighted by Crippen LogP contribution is -2.38. The van der Waals surface area contributed by atoms with Crippen LogP contribution in [0.25, 0.3) is 0 Å². The van der Waals surface area contributed by atoms with Gasteiger partial charge in [-0.25, -0.2) is 0 Å². The van der Waals surface area contributed by atoms with Crippen molar-refractivity contribution >= 4 is 11.8 Å². The Balaban J connectivity index is 1.72. The van der Waals surface area contributed by atoms with Gasteiger partial charge in [-0.15, -0.1) is 0 Å². The summed E-state index contributed by atoms with van der Waals surface area (Å²) in [5.41, 5.74) is 0.860. The molecule has 1 aliphatic carbocycles. The van der Waals surface area contributed by atoms with Crippen molar-refractivity contribution in [2.45, 2.75) is 64.0 Å². The molecule has 2 rings (SSSR count). The molecule has 1 atom stereocenters. The van der Waals surface area contributed by atoms with Crippen LogP contribution >= 0.6 is 0 Å². The summed E-state index contributed by atoms with van der Waals surface area (Å²) in [7, 11) is 1.78. The molecular formula is C17H26N4O2. The second-order valence-electron chi connectivity index (χ2n) is 6.30. The number of rotatable bonds is 7. The van der Waals surface area contributed by atoms with E-state index in [1.165, 1.54) is 12.8 Å². The molecular weight excluding hydrogens is 292 g/mol. The molecule has 23 heavy (non-hydrogen) atoms. The average molecular weight is 318 g/mol. The minimum absolute atomic E-state index is 0.0111. The van der Waals surface area contributed by atoms with Gasteiger partial charge in [0.25, 0.3) is 0 Å². The number of aromatic nitrogens is 2. The number of carbonyl (C=O) groups excluding carboxylic acids is 2. The van der Waals surface area contributed by atoms with Crippen molar-refractivity contribution < 1.29 is 9.59 Å². The fourth-order valence-corrected chi connectivity index (χ4v) is 2.89. The SMILES string of the molecule is C[C@H](Cc1cnccn1)N(C)C(=O)CCC(=O)NC1CCCC1. The lowest BCUT2D eigenvalue weighted by atomic mass is 10.1. The van der Waals surface area contributed by atoms with Gasteiger partial charge in [0.2, 0.25) is 11.8 Å². The maximum absolute atomic E-state index is 12.2. The molecule has 2 amide bonds. The summed E-state index contributed by atoms with van der Waals surface area (Å²) in [6, 6.07) is 0.336. The number of hydrogen-bond donors (Lipinski definition) is 1. The predicted molar refractivity (Wildman–Crippen MR) is 87.6 cm³/mol. The van der Waals surface area contributed by atoms with Crippen molar-refractivity contribution in [1.29, 1.82) is 0 Å². The minimum atomic E-state index is -0.0137. The molecule has 0 bridgehead atoms. The molecule has 1 saturated carbocycles.